The Bertz CT molecular complexity index is 1240. The quantitative estimate of drug-likeness (QED) is 0.355. The molecule has 0 radical (unpaired) electrons. The van der Waals surface area contributed by atoms with Crippen LogP contribution in [0.1, 0.15) is 23.5 Å². The second-order valence-electron chi connectivity index (χ2n) is 7.49. The van der Waals surface area contributed by atoms with E-state index >= 15 is 0 Å². The molecule has 1 N–H and O–H groups in total. The highest BCUT2D eigenvalue weighted by atomic mass is 35.5. The molecule has 0 bridgehead atoms. The largest absolute Gasteiger partial charge is 0.396 e. The third-order valence-electron chi connectivity index (χ3n) is 5.09. The van der Waals surface area contributed by atoms with Crippen molar-refractivity contribution < 1.29 is 5.11 Å². The van der Waals surface area contributed by atoms with Gasteiger partial charge in [-0.2, -0.15) is 5.10 Å². The van der Waals surface area contributed by atoms with E-state index in [9.17, 15) is 5.11 Å². The van der Waals surface area contributed by atoms with Crippen molar-refractivity contribution in [2.24, 2.45) is 0 Å². The SMILES string of the molecule is Cc1nc(N(CCCO)Cc2ccccc2)c2c(C)nn(-c3c(Cl)cc(Cl)cc3Cl)c2n1. The summed E-state index contributed by atoms with van der Waals surface area (Å²) in [5, 5.41) is 16.2. The van der Waals surface area contributed by atoms with Crippen molar-refractivity contribution >= 4 is 51.7 Å². The minimum atomic E-state index is 0.0900. The molecule has 2 aromatic carbocycles. The van der Waals surface area contributed by atoms with Gasteiger partial charge in [0.05, 0.1) is 21.1 Å². The van der Waals surface area contributed by atoms with Crippen LogP contribution in [0.3, 0.4) is 0 Å². The molecule has 4 aromatic rings. The summed E-state index contributed by atoms with van der Waals surface area (Å²) < 4.78 is 1.65. The molecule has 0 aliphatic carbocycles. The predicted octanol–water partition coefficient (Wildman–Crippen LogP) is 5.78. The molecule has 0 unspecified atom stereocenters. The summed E-state index contributed by atoms with van der Waals surface area (Å²) in [6.45, 7) is 5.11. The molecule has 0 aliphatic rings. The molecule has 0 spiro atoms. The van der Waals surface area contributed by atoms with E-state index in [1.165, 1.54) is 0 Å². The Morgan fingerprint density at radius 3 is 2.34 bits per heavy atom. The fourth-order valence-corrected chi connectivity index (χ4v) is 4.69. The number of aliphatic hydroxyl groups is 1. The van der Waals surface area contributed by atoms with Crippen molar-refractivity contribution in [1.82, 2.24) is 19.7 Å². The molecule has 2 heterocycles. The Kier molecular flexibility index (Phi) is 6.86. The van der Waals surface area contributed by atoms with E-state index in [0.29, 0.717) is 51.7 Å². The van der Waals surface area contributed by atoms with E-state index in [4.69, 9.17) is 44.9 Å². The minimum absolute atomic E-state index is 0.0900. The monoisotopic (exact) mass is 489 g/mol. The van der Waals surface area contributed by atoms with Crippen LogP contribution in [0.15, 0.2) is 42.5 Å². The van der Waals surface area contributed by atoms with Crippen LogP contribution < -0.4 is 4.90 Å². The summed E-state index contributed by atoms with van der Waals surface area (Å²) in [5.41, 5.74) is 3.02. The van der Waals surface area contributed by atoms with Crippen LogP contribution in [-0.2, 0) is 6.54 Å². The number of aromatic nitrogens is 4. The summed E-state index contributed by atoms with van der Waals surface area (Å²) in [6, 6.07) is 13.4. The average Bonchev–Trinajstić information content (AvgIpc) is 3.06. The van der Waals surface area contributed by atoms with Gasteiger partial charge in [0.2, 0.25) is 0 Å². The standard InChI is InChI=1S/C23H22Cl3N5O/c1-14-20-22(30(9-6-10-32)13-16-7-4-3-5-8-16)27-15(2)28-23(20)31(29-14)21-18(25)11-17(24)12-19(21)26/h3-5,7-8,11-12,32H,6,9-10,13H2,1-2H3. The number of rotatable bonds is 7. The van der Waals surface area contributed by atoms with Crippen LogP contribution in [0.5, 0.6) is 0 Å². The number of halogens is 3. The molecule has 0 atom stereocenters. The van der Waals surface area contributed by atoms with Crippen molar-refractivity contribution in [3.05, 3.63) is 74.6 Å². The smallest absolute Gasteiger partial charge is 0.169 e. The highest BCUT2D eigenvalue weighted by Crippen LogP contribution is 2.36. The summed E-state index contributed by atoms with van der Waals surface area (Å²) >= 11 is 19.1. The Hall–Kier alpha value is -2.38. The van der Waals surface area contributed by atoms with E-state index in [-0.39, 0.29) is 6.61 Å². The van der Waals surface area contributed by atoms with Gasteiger partial charge in [0.25, 0.3) is 0 Å². The van der Waals surface area contributed by atoms with Gasteiger partial charge < -0.3 is 10.0 Å². The predicted molar refractivity (Wildman–Crippen MR) is 130 cm³/mol. The van der Waals surface area contributed by atoms with E-state index in [1.54, 1.807) is 16.8 Å². The number of fused-ring (bicyclic) bond motifs is 1. The van der Waals surface area contributed by atoms with Gasteiger partial charge in [-0.05, 0) is 38.0 Å². The number of hydrogen-bond acceptors (Lipinski definition) is 5. The van der Waals surface area contributed by atoms with E-state index in [0.717, 1.165) is 22.5 Å². The van der Waals surface area contributed by atoms with Gasteiger partial charge in [-0.1, -0.05) is 65.1 Å². The highest BCUT2D eigenvalue weighted by Gasteiger charge is 2.23. The summed E-state index contributed by atoms with van der Waals surface area (Å²) in [7, 11) is 0. The minimum Gasteiger partial charge on any atom is -0.396 e. The van der Waals surface area contributed by atoms with Gasteiger partial charge in [-0.3, -0.25) is 0 Å². The highest BCUT2D eigenvalue weighted by molar-refractivity contribution is 6.40. The van der Waals surface area contributed by atoms with Gasteiger partial charge in [-0.25, -0.2) is 14.6 Å². The van der Waals surface area contributed by atoms with Gasteiger partial charge in [0, 0.05) is 24.7 Å². The average molecular weight is 491 g/mol. The maximum absolute atomic E-state index is 9.47. The number of aliphatic hydroxyl groups excluding tert-OH is 1. The van der Waals surface area contributed by atoms with Crippen LogP contribution in [0.4, 0.5) is 5.82 Å². The molecule has 6 nitrogen and oxygen atoms in total. The Morgan fingerprint density at radius 1 is 1.00 bits per heavy atom. The molecule has 0 aliphatic heterocycles. The molecule has 9 heteroatoms. The maximum Gasteiger partial charge on any atom is 0.169 e. The lowest BCUT2D eigenvalue weighted by molar-refractivity contribution is 0.289. The lowest BCUT2D eigenvalue weighted by Gasteiger charge is -2.25. The maximum atomic E-state index is 9.47. The molecule has 0 amide bonds. The van der Waals surface area contributed by atoms with Crippen molar-refractivity contribution in [3.63, 3.8) is 0 Å². The zero-order valence-corrected chi connectivity index (χ0v) is 20.0. The number of nitrogens with zero attached hydrogens (tertiary/aromatic N) is 5. The Morgan fingerprint density at radius 2 is 1.69 bits per heavy atom. The first-order valence-electron chi connectivity index (χ1n) is 10.2. The molecular weight excluding hydrogens is 469 g/mol. The third-order valence-corrected chi connectivity index (χ3v) is 5.88. The summed E-state index contributed by atoms with van der Waals surface area (Å²) in [4.78, 5) is 11.6. The summed E-state index contributed by atoms with van der Waals surface area (Å²) in [5.74, 6) is 1.35. The van der Waals surface area contributed by atoms with Crippen molar-refractivity contribution in [2.45, 2.75) is 26.8 Å². The fraction of sp³-hybridized carbons (Fsp3) is 0.261. The second kappa shape index (κ2) is 9.63. The normalized spacial score (nSPS) is 11.3. The number of aryl methyl sites for hydroxylation is 2. The van der Waals surface area contributed by atoms with Crippen molar-refractivity contribution in [2.75, 3.05) is 18.1 Å². The topological polar surface area (TPSA) is 67.1 Å². The molecule has 0 saturated carbocycles. The molecule has 2 aromatic heterocycles. The lowest BCUT2D eigenvalue weighted by atomic mass is 10.2. The van der Waals surface area contributed by atoms with E-state index < -0.39 is 0 Å². The van der Waals surface area contributed by atoms with Gasteiger partial charge in [0.1, 0.15) is 17.3 Å². The number of hydrogen-bond donors (Lipinski definition) is 1. The van der Waals surface area contributed by atoms with Gasteiger partial charge >= 0.3 is 0 Å². The Balaban J connectivity index is 1.91. The molecule has 0 saturated heterocycles. The van der Waals surface area contributed by atoms with Crippen LogP contribution in [0, 0.1) is 13.8 Å². The van der Waals surface area contributed by atoms with Crippen molar-refractivity contribution in [1.29, 1.82) is 0 Å². The number of anilines is 1. The molecule has 4 rings (SSSR count). The van der Waals surface area contributed by atoms with Crippen molar-refractivity contribution in [3.8, 4) is 5.69 Å². The van der Waals surface area contributed by atoms with Crippen LogP contribution in [-0.4, -0.2) is 38.0 Å². The third kappa shape index (κ3) is 4.55. The number of benzene rings is 2. The Labute approximate surface area is 201 Å². The van der Waals surface area contributed by atoms with Crippen LogP contribution in [0.25, 0.3) is 16.7 Å². The van der Waals surface area contributed by atoms with Gasteiger partial charge in [-0.15, -0.1) is 0 Å². The van der Waals surface area contributed by atoms with E-state index in [2.05, 4.69) is 22.0 Å². The van der Waals surface area contributed by atoms with Crippen LogP contribution >= 0.6 is 34.8 Å². The lowest BCUT2D eigenvalue weighted by Crippen LogP contribution is -2.26. The zero-order valence-electron chi connectivity index (χ0n) is 17.7. The zero-order chi connectivity index (χ0) is 22.8. The second-order valence-corrected chi connectivity index (χ2v) is 8.74. The fourth-order valence-electron chi connectivity index (χ4n) is 3.71. The molecular formula is C23H22Cl3N5O. The van der Waals surface area contributed by atoms with E-state index in [1.807, 2.05) is 32.0 Å². The first kappa shape index (κ1) is 22.8. The molecule has 32 heavy (non-hydrogen) atoms. The van der Waals surface area contributed by atoms with Crippen LogP contribution in [0.2, 0.25) is 15.1 Å². The molecule has 166 valence electrons. The molecule has 0 fully saturated rings. The first-order chi connectivity index (χ1) is 15.4. The van der Waals surface area contributed by atoms with Gasteiger partial charge in [0.15, 0.2) is 5.65 Å². The summed E-state index contributed by atoms with van der Waals surface area (Å²) in [6.07, 6.45) is 0.611. The first-order valence-corrected chi connectivity index (χ1v) is 11.3.